The second kappa shape index (κ2) is 32.9. The Morgan fingerprint density at radius 1 is 0.622 bits per heavy atom. The molecule has 8 amide bonds. The first-order chi connectivity index (χ1) is 35.3. The van der Waals surface area contributed by atoms with Crippen molar-refractivity contribution < 1.29 is 48.3 Å². The molecule has 24 heteroatoms. The quantitative estimate of drug-likeness (QED) is 0.0265. The molecule has 0 unspecified atom stereocenters. The van der Waals surface area contributed by atoms with Crippen LogP contribution in [0.4, 0.5) is 0 Å². The van der Waals surface area contributed by atoms with Crippen molar-refractivity contribution in [2.75, 3.05) is 37.4 Å². The Kier molecular flexibility index (Phi) is 27.6. The number of unbranched alkanes of at least 4 members (excludes halogenated alkanes) is 2. The number of hydrogen-bond acceptors (Lipinski definition) is 14. The van der Waals surface area contributed by atoms with Gasteiger partial charge in [-0.05, 0) is 106 Å². The standard InChI is InChI=1S/C50H76N12O10S2/c1-29(2)42(62-44(65)34(53)25-32-26-54-35-17-9-8-16-33(32)35)49(70)60-39(24-31-14-6-5-7-15-31)45(66)55-27-41(63)57-36(18-10-12-21-51)46(67)56-30(3)43(64)58-37(20-23-74-4)47(68)61-40(28-73)48(69)59-38(50(71)72)19-11-13-22-52/h5-9,14-17,26,29-30,34,36-40,42,54,73H,10-13,18-25,27-28,51-53H2,1-4H3,(H,55,66)(H,56,67)(H,57,63)(H,58,64)(H,59,69)(H,60,70)(H,61,68)(H,62,65)(H,71,72)/t30-,34-,36-,37-,38-,39-,40-,42-/m0/s1. The zero-order chi connectivity index (χ0) is 54.7. The van der Waals surface area contributed by atoms with Gasteiger partial charge in [0.1, 0.15) is 42.3 Å². The van der Waals surface area contributed by atoms with Crippen LogP contribution >= 0.6 is 24.4 Å². The number of aromatic amines is 1. The number of fused-ring (bicyclic) bond motifs is 1. The lowest BCUT2D eigenvalue weighted by atomic mass is 9.99. The maximum Gasteiger partial charge on any atom is 0.326 e. The fraction of sp³-hybridized carbons (Fsp3) is 0.540. The summed E-state index contributed by atoms with van der Waals surface area (Å²) in [4.78, 5) is 123. The van der Waals surface area contributed by atoms with Crippen LogP contribution in [0, 0.1) is 5.92 Å². The summed E-state index contributed by atoms with van der Waals surface area (Å²) in [5, 5.41) is 31.4. The number of benzene rings is 2. The highest BCUT2D eigenvalue weighted by Gasteiger charge is 2.33. The third-order valence-corrected chi connectivity index (χ3v) is 13.0. The molecule has 2 aromatic carbocycles. The summed E-state index contributed by atoms with van der Waals surface area (Å²) in [6.45, 7) is 4.91. The number of carbonyl (C=O) groups is 9. The van der Waals surface area contributed by atoms with Crippen LogP contribution in [0.15, 0.2) is 60.8 Å². The first-order valence-corrected chi connectivity index (χ1v) is 26.8. The summed E-state index contributed by atoms with van der Waals surface area (Å²) < 4.78 is 0. The average Bonchev–Trinajstić information content (AvgIpc) is 3.78. The van der Waals surface area contributed by atoms with E-state index in [4.69, 9.17) is 17.2 Å². The van der Waals surface area contributed by atoms with Gasteiger partial charge in [0.25, 0.3) is 0 Å². The molecular formula is C50H76N12O10S2. The third kappa shape index (κ3) is 21.0. The highest BCUT2D eigenvalue weighted by Crippen LogP contribution is 2.19. The van der Waals surface area contributed by atoms with E-state index in [1.54, 1.807) is 56.6 Å². The number of aliphatic carboxylic acids is 1. The van der Waals surface area contributed by atoms with E-state index in [9.17, 15) is 48.3 Å². The molecule has 0 bridgehead atoms. The molecule has 22 nitrogen and oxygen atoms in total. The lowest BCUT2D eigenvalue weighted by Crippen LogP contribution is -2.59. The van der Waals surface area contributed by atoms with E-state index in [-0.39, 0.29) is 37.9 Å². The minimum Gasteiger partial charge on any atom is -0.480 e. The number of thiol groups is 1. The summed E-state index contributed by atoms with van der Waals surface area (Å²) in [6, 6.07) is 7.13. The molecule has 0 saturated heterocycles. The molecule has 3 aromatic rings. The van der Waals surface area contributed by atoms with E-state index >= 15 is 0 Å². The number of carboxylic acid groups (broad SMARTS) is 1. The number of rotatable bonds is 34. The van der Waals surface area contributed by atoms with Crippen LogP contribution in [-0.2, 0) is 56.0 Å². The van der Waals surface area contributed by atoms with Crippen molar-refractivity contribution in [3.05, 3.63) is 71.9 Å². The predicted octanol–water partition coefficient (Wildman–Crippen LogP) is -0.508. The van der Waals surface area contributed by atoms with Gasteiger partial charge in [0.15, 0.2) is 0 Å². The van der Waals surface area contributed by atoms with Gasteiger partial charge < -0.3 is 69.8 Å². The van der Waals surface area contributed by atoms with E-state index in [1.165, 1.54) is 18.7 Å². The van der Waals surface area contributed by atoms with Crippen molar-refractivity contribution in [3.63, 3.8) is 0 Å². The van der Waals surface area contributed by atoms with Gasteiger partial charge in [0, 0.05) is 29.3 Å². The van der Waals surface area contributed by atoms with Gasteiger partial charge in [-0.2, -0.15) is 24.4 Å². The summed E-state index contributed by atoms with van der Waals surface area (Å²) in [7, 11) is 0. The largest absolute Gasteiger partial charge is 0.480 e. The Bertz CT molecular complexity index is 2320. The fourth-order valence-corrected chi connectivity index (χ4v) is 8.44. The van der Waals surface area contributed by atoms with E-state index in [0.717, 1.165) is 16.5 Å². The van der Waals surface area contributed by atoms with Crippen LogP contribution in [0.3, 0.4) is 0 Å². The molecule has 1 aromatic heterocycles. The normalized spacial score (nSPS) is 14.4. The molecule has 0 saturated carbocycles. The van der Waals surface area contributed by atoms with Crippen LogP contribution in [0.1, 0.15) is 76.8 Å². The Hall–Kier alpha value is -6.21. The van der Waals surface area contributed by atoms with E-state index in [2.05, 4.69) is 60.1 Å². The van der Waals surface area contributed by atoms with Crippen LogP contribution in [0.5, 0.6) is 0 Å². The van der Waals surface area contributed by atoms with Crippen LogP contribution < -0.4 is 59.7 Å². The van der Waals surface area contributed by atoms with Gasteiger partial charge in [-0.15, -0.1) is 0 Å². The molecule has 0 spiro atoms. The highest BCUT2D eigenvalue weighted by atomic mass is 32.2. The number of carbonyl (C=O) groups excluding carboxylic acids is 8. The van der Waals surface area contributed by atoms with Crippen molar-refractivity contribution in [2.24, 2.45) is 23.1 Å². The fourth-order valence-electron chi connectivity index (χ4n) is 7.71. The molecule has 0 aliphatic heterocycles. The predicted molar refractivity (Wildman–Crippen MR) is 287 cm³/mol. The third-order valence-electron chi connectivity index (χ3n) is 12.0. The Morgan fingerprint density at radius 3 is 1.81 bits per heavy atom. The minimum absolute atomic E-state index is 0.0248. The van der Waals surface area contributed by atoms with Gasteiger partial charge in [0.05, 0.1) is 12.6 Å². The van der Waals surface area contributed by atoms with Crippen LogP contribution in [0.25, 0.3) is 10.9 Å². The summed E-state index contributed by atoms with van der Waals surface area (Å²) in [5.41, 5.74) is 20.0. The minimum atomic E-state index is -1.25. The highest BCUT2D eigenvalue weighted by molar-refractivity contribution is 7.98. The van der Waals surface area contributed by atoms with E-state index in [1.807, 2.05) is 24.3 Å². The number of aromatic nitrogens is 1. The number of hydrogen-bond donors (Lipinski definition) is 14. The zero-order valence-corrected chi connectivity index (χ0v) is 44.3. The number of para-hydroxylation sites is 1. The maximum atomic E-state index is 13.9. The lowest BCUT2D eigenvalue weighted by Gasteiger charge is -2.26. The lowest BCUT2D eigenvalue weighted by molar-refractivity contribution is -0.142. The summed E-state index contributed by atoms with van der Waals surface area (Å²) in [5.74, 6) is -7.13. The first-order valence-electron chi connectivity index (χ1n) is 24.8. The molecule has 16 N–H and O–H groups in total. The van der Waals surface area contributed by atoms with Gasteiger partial charge in [-0.1, -0.05) is 62.4 Å². The smallest absolute Gasteiger partial charge is 0.326 e. The summed E-state index contributed by atoms with van der Waals surface area (Å²) >= 11 is 5.58. The molecule has 0 aliphatic carbocycles. The second-order valence-electron chi connectivity index (χ2n) is 18.3. The molecule has 0 radical (unpaired) electrons. The van der Waals surface area contributed by atoms with E-state index < -0.39 is 114 Å². The number of carboxylic acids is 1. The molecular weight excluding hydrogens is 993 g/mol. The summed E-state index contributed by atoms with van der Waals surface area (Å²) in [6.07, 6.45) is 6.10. The number of H-pyrrole nitrogens is 1. The van der Waals surface area contributed by atoms with E-state index in [0.29, 0.717) is 50.1 Å². The molecule has 1 heterocycles. The number of nitrogens with one attached hydrogen (secondary N) is 9. The zero-order valence-electron chi connectivity index (χ0n) is 42.6. The number of thioether (sulfide) groups is 1. The Morgan fingerprint density at radius 2 is 1.19 bits per heavy atom. The van der Waals surface area contributed by atoms with Crippen molar-refractivity contribution >= 4 is 88.5 Å². The number of amides is 8. The Labute approximate surface area is 441 Å². The van der Waals surface area contributed by atoms with Crippen molar-refractivity contribution in [2.45, 2.75) is 127 Å². The first kappa shape index (κ1) is 62.1. The van der Waals surface area contributed by atoms with Gasteiger partial charge in [-0.25, -0.2) is 4.79 Å². The molecule has 8 atom stereocenters. The van der Waals surface area contributed by atoms with Gasteiger partial charge in [-0.3, -0.25) is 38.4 Å². The Balaban J connectivity index is 1.67. The van der Waals surface area contributed by atoms with Gasteiger partial charge in [0.2, 0.25) is 47.3 Å². The van der Waals surface area contributed by atoms with Crippen molar-refractivity contribution in [1.82, 2.24) is 47.5 Å². The second-order valence-corrected chi connectivity index (χ2v) is 19.6. The topological polar surface area (TPSA) is 364 Å². The maximum absolute atomic E-state index is 13.9. The average molecular weight is 1070 g/mol. The molecule has 408 valence electrons. The molecule has 3 rings (SSSR count). The monoisotopic (exact) mass is 1070 g/mol. The van der Waals surface area contributed by atoms with Crippen molar-refractivity contribution in [1.29, 1.82) is 0 Å². The molecule has 0 aliphatic rings. The van der Waals surface area contributed by atoms with Crippen LogP contribution in [0.2, 0.25) is 0 Å². The molecule has 74 heavy (non-hydrogen) atoms. The SMILES string of the molecule is CSCC[C@H](NC(=O)[C@H](C)NC(=O)[C@H](CCCCN)NC(=O)CNC(=O)[C@H](Cc1ccccc1)NC(=O)[C@@H](NC(=O)[C@@H](N)Cc1c[nH]c2ccccc12)C(C)C)C(=O)N[C@@H](CS)C(=O)N[C@@H](CCCCN)C(=O)O. The molecule has 0 fully saturated rings. The van der Waals surface area contributed by atoms with Crippen LogP contribution in [-0.4, -0.2) is 149 Å². The van der Waals surface area contributed by atoms with Gasteiger partial charge >= 0.3 is 5.97 Å². The van der Waals surface area contributed by atoms with Crippen molar-refractivity contribution in [3.8, 4) is 0 Å². The number of nitrogens with two attached hydrogens (primary N) is 3.